The van der Waals surface area contributed by atoms with Crippen molar-refractivity contribution in [2.24, 2.45) is 0 Å². The summed E-state index contributed by atoms with van der Waals surface area (Å²) in [6, 6.07) is 5.59. The molecule has 2 aromatic rings. The van der Waals surface area contributed by atoms with Gasteiger partial charge in [0.2, 0.25) is 0 Å². The molecule has 3 nitrogen and oxygen atoms in total. The van der Waals surface area contributed by atoms with Crippen molar-refractivity contribution in [3.05, 3.63) is 40.5 Å². The second kappa shape index (κ2) is 4.06. The van der Waals surface area contributed by atoms with Crippen molar-refractivity contribution in [3.8, 4) is 10.4 Å². The first kappa shape index (κ1) is 10.8. The molecule has 0 aromatic carbocycles. The van der Waals surface area contributed by atoms with Crippen LogP contribution >= 0.6 is 11.3 Å². The lowest BCUT2D eigenvalue weighted by Gasteiger charge is -1.99. The second-order valence-corrected chi connectivity index (χ2v) is 4.67. The average Bonchev–Trinajstić information content (AvgIpc) is 2.62. The zero-order valence-electron chi connectivity index (χ0n) is 9.02. The second-order valence-electron chi connectivity index (χ2n) is 3.62. The van der Waals surface area contributed by atoms with Crippen molar-refractivity contribution >= 4 is 17.3 Å². The van der Waals surface area contributed by atoms with Gasteiger partial charge in [0.15, 0.2) is 0 Å². The highest BCUT2D eigenvalue weighted by Crippen LogP contribution is 2.31. The number of nitrogens with zero attached hydrogens (tertiary/aromatic N) is 1. The first-order valence-electron chi connectivity index (χ1n) is 4.84. The average molecular weight is 233 g/mol. The van der Waals surface area contributed by atoms with Gasteiger partial charge in [-0.2, -0.15) is 0 Å². The summed E-state index contributed by atoms with van der Waals surface area (Å²) >= 11 is 1.29. The quantitative estimate of drug-likeness (QED) is 0.867. The fourth-order valence-corrected chi connectivity index (χ4v) is 2.48. The van der Waals surface area contributed by atoms with E-state index in [1.54, 1.807) is 12.3 Å². The number of thiophene rings is 1. The lowest BCUT2D eigenvalue weighted by atomic mass is 10.1. The highest BCUT2D eigenvalue weighted by molar-refractivity contribution is 7.17. The Morgan fingerprint density at radius 3 is 2.62 bits per heavy atom. The molecule has 2 rings (SSSR count). The Morgan fingerprint density at radius 1 is 1.38 bits per heavy atom. The van der Waals surface area contributed by atoms with Crippen LogP contribution in [0.25, 0.3) is 10.4 Å². The number of carbonyl (C=O) groups is 1. The number of aromatic nitrogens is 1. The third-order valence-corrected chi connectivity index (χ3v) is 3.58. The topological polar surface area (TPSA) is 50.2 Å². The van der Waals surface area contributed by atoms with Gasteiger partial charge in [-0.3, -0.25) is 4.98 Å². The number of rotatable bonds is 2. The van der Waals surface area contributed by atoms with E-state index in [2.05, 4.69) is 4.98 Å². The van der Waals surface area contributed by atoms with E-state index in [0.29, 0.717) is 4.88 Å². The highest BCUT2D eigenvalue weighted by Gasteiger charge is 2.12. The van der Waals surface area contributed by atoms with Crippen LogP contribution in [0.5, 0.6) is 0 Å². The maximum Gasteiger partial charge on any atom is 0.345 e. The Labute approximate surface area is 97.4 Å². The molecule has 0 aliphatic rings. The van der Waals surface area contributed by atoms with Crippen molar-refractivity contribution in [2.75, 3.05) is 0 Å². The molecule has 0 radical (unpaired) electrons. The molecule has 2 heterocycles. The van der Waals surface area contributed by atoms with Gasteiger partial charge in [0, 0.05) is 22.3 Å². The molecule has 0 bridgehead atoms. The first-order valence-corrected chi connectivity index (χ1v) is 5.66. The summed E-state index contributed by atoms with van der Waals surface area (Å²) in [7, 11) is 0. The number of carboxylic acids is 1. The summed E-state index contributed by atoms with van der Waals surface area (Å²) in [4.78, 5) is 16.4. The van der Waals surface area contributed by atoms with E-state index in [0.717, 1.165) is 21.7 Å². The number of hydrogen-bond acceptors (Lipinski definition) is 3. The monoisotopic (exact) mass is 233 g/mol. The van der Waals surface area contributed by atoms with Crippen LogP contribution in [0.15, 0.2) is 24.4 Å². The van der Waals surface area contributed by atoms with Crippen LogP contribution < -0.4 is 0 Å². The summed E-state index contributed by atoms with van der Waals surface area (Å²) in [5.41, 5.74) is 2.91. The molecule has 0 unspecified atom stereocenters. The number of aromatic carboxylic acids is 1. The van der Waals surface area contributed by atoms with Crippen LogP contribution in [0.2, 0.25) is 0 Å². The molecule has 16 heavy (non-hydrogen) atoms. The molecule has 0 amide bonds. The molecule has 2 aromatic heterocycles. The summed E-state index contributed by atoms with van der Waals surface area (Å²) < 4.78 is 0. The van der Waals surface area contributed by atoms with Gasteiger partial charge >= 0.3 is 5.97 Å². The molecular formula is C12H11NO2S. The zero-order valence-corrected chi connectivity index (χ0v) is 9.84. The van der Waals surface area contributed by atoms with E-state index in [1.165, 1.54) is 11.3 Å². The molecule has 0 fully saturated rings. The van der Waals surface area contributed by atoms with Gasteiger partial charge < -0.3 is 5.11 Å². The maximum absolute atomic E-state index is 10.8. The van der Waals surface area contributed by atoms with Gasteiger partial charge in [0.25, 0.3) is 0 Å². The standard InChI is InChI=1S/C12H11NO2S/c1-7-5-10(12(14)15)16-11(7)9-4-3-8(2)13-6-9/h3-6H,1-2H3,(H,14,15). The smallest absolute Gasteiger partial charge is 0.345 e. The summed E-state index contributed by atoms with van der Waals surface area (Å²) in [6.07, 6.45) is 1.78. The molecular weight excluding hydrogens is 222 g/mol. The van der Waals surface area contributed by atoms with Crippen molar-refractivity contribution in [3.63, 3.8) is 0 Å². The Kier molecular flexibility index (Phi) is 2.75. The van der Waals surface area contributed by atoms with Crippen LogP contribution in [-0.2, 0) is 0 Å². The van der Waals surface area contributed by atoms with Crippen molar-refractivity contribution in [1.29, 1.82) is 0 Å². The molecule has 0 aliphatic carbocycles. The third-order valence-electron chi connectivity index (χ3n) is 2.30. The van der Waals surface area contributed by atoms with Crippen molar-refractivity contribution in [1.82, 2.24) is 4.98 Å². The van der Waals surface area contributed by atoms with Crippen LogP contribution in [-0.4, -0.2) is 16.1 Å². The predicted molar refractivity (Wildman–Crippen MR) is 64.0 cm³/mol. The molecule has 0 saturated heterocycles. The number of hydrogen-bond donors (Lipinski definition) is 1. The van der Waals surface area contributed by atoms with Crippen molar-refractivity contribution < 1.29 is 9.90 Å². The van der Waals surface area contributed by atoms with Gasteiger partial charge in [-0.05, 0) is 31.5 Å². The first-order chi connectivity index (χ1) is 7.58. The Balaban J connectivity index is 2.47. The molecule has 82 valence electrons. The van der Waals surface area contributed by atoms with Crippen LogP contribution in [0.3, 0.4) is 0 Å². The molecule has 0 atom stereocenters. The Hall–Kier alpha value is -1.68. The Morgan fingerprint density at radius 2 is 2.12 bits per heavy atom. The van der Waals surface area contributed by atoms with E-state index < -0.39 is 5.97 Å². The summed E-state index contributed by atoms with van der Waals surface area (Å²) in [6.45, 7) is 3.84. The van der Waals surface area contributed by atoms with E-state index in [4.69, 9.17) is 5.11 Å². The third kappa shape index (κ3) is 1.97. The molecule has 1 N–H and O–H groups in total. The number of aryl methyl sites for hydroxylation is 2. The van der Waals surface area contributed by atoms with Gasteiger partial charge in [-0.25, -0.2) is 4.79 Å². The van der Waals surface area contributed by atoms with Crippen molar-refractivity contribution in [2.45, 2.75) is 13.8 Å². The van der Waals surface area contributed by atoms with E-state index in [9.17, 15) is 4.79 Å². The highest BCUT2D eigenvalue weighted by atomic mass is 32.1. The predicted octanol–water partition coefficient (Wildman–Crippen LogP) is 3.13. The van der Waals surface area contributed by atoms with E-state index in [-0.39, 0.29) is 0 Å². The minimum absolute atomic E-state index is 0.369. The zero-order chi connectivity index (χ0) is 11.7. The van der Waals surface area contributed by atoms with Gasteiger partial charge in [-0.1, -0.05) is 6.07 Å². The van der Waals surface area contributed by atoms with Crippen LogP contribution in [0.1, 0.15) is 20.9 Å². The number of carboxylic acid groups (broad SMARTS) is 1. The normalized spacial score (nSPS) is 10.4. The fraction of sp³-hybridized carbons (Fsp3) is 0.167. The van der Waals surface area contributed by atoms with Gasteiger partial charge in [0.05, 0.1) is 0 Å². The van der Waals surface area contributed by atoms with E-state index in [1.807, 2.05) is 26.0 Å². The summed E-state index contributed by atoms with van der Waals surface area (Å²) in [5, 5.41) is 8.91. The maximum atomic E-state index is 10.8. The lowest BCUT2D eigenvalue weighted by Crippen LogP contribution is -1.89. The van der Waals surface area contributed by atoms with E-state index >= 15 is 0 Å². The number of pyridine rings is 1. The van der Waals surface area contributed by atoms with Crippen LogP contribution in [0.4, 0.5) is 0 Å². The molecule has 0 spiro atoms. The van der Waals surface area contributed by atoms with Gasteiger partial charge in [-0.15, -0.1) is 11.3 Å². The molecule has 0 saturated carbocycles. The lowest BCUT2D eigenvalue weighted by molar-refractivity contribution is 0.0702. The van der Waals surface area contributed by atoms with Gasteiger partial charge in [0.1, 0.15) is 4.88 Å². The molecule has 0 aliphatic heterocycles. The largest absolute Gasteiger partial charge is 0.477 e. The van der Waals surface area contributed by atoms with Crippen LogP contribution in [0, 0.1) is 13.8 Å². The SMILES string of the molecule is Cc1ccc(-c2sc(C(=O)O)cc2C)cn1. The molecule has 4 heteroatoms. The summed E-state index contributed by atoms with van der Waals surface area (Å²) in [5.74, 6) is -0.876. The Bertz CT molecular complexity index is 528. The minimum Gasteiger partial charge on any atom is -0.477 e. The fourth-order valence-electron chi connectivity index (χ4n) is 1.48. The minimum atomic E-state index is -0.876.